The Labute approximate surface area is 199 Å². The molecular weight excluding hydrogens is 438 g/mol. The van der Waals surface area contributed by atoms with Gasteiger partial charge in [0, 0.05) is 12.6 Å². The van der Waals surface area contributed by atoms with Gasteiger partial charge in [-0.05, 0) is 90.6 Å². The zero-order valence-electron chi connectivity index (χ0n) is 19.9. The van der Waals surface area contributed by atoms with Crippen molar-refractivity contribution in [3.05, 3.63) is 53.1 Å². The van der Waals surface area contributed by atoms with Gasteiger partial charge in [0.2, 0.25) is 0 Å². The Morgan fingerprint density at radius 2 is 1.82 bits per heavy atom. The molecule has 0 aromatic heterocycles. The molecule has 2 bridgehead atoms. The molecular formula is C27H31F2N2O3-. The van der Waals surface area contributed by atoms with E-state index in [1.54, 1.807) is 24.0 Å². The van der Waals surface area contributed by atoms with E-state index in [9.17, 15) is 18.7 Å². The molecule has 7 heteroatoms. The number of hydrogen-bond acceptors (Lipinski definition) is 4. The van der Waals surface area contributed by atoms with Crippen LogP contribution in [0.3, 0.4) is 0 Å². The molecule has 1 aliphatic carbocycles. The summed E-state index contributed by atoms with van der Waals surface area (Å²) < 4.78 is 29.8. The Hall–Kier alpha value is -2.67. The Kier molecular flexibility index (Phi) is 5.79. The van der Waals surface area contributed by atoms with Crippen molar-refractivity contribution >= 4 is 6.09 Å². The van der Waals surface area contributed by atoms with Crippen LogP contribution in [-0.2, 0) is 6.42 Å². The van der Waals surface area contributed by atoms with Crippen LogP contribution in [-0.4, -0.2) is 48.2 Å². The molecule has 182 valence electrons. The van der Waals surface area contributed by atoms with Crippen molar-refractivity contribution in [1.82, 2.24) is 9.80 Å². The third-order valence-electron chi connectivity index (χ3n) is 8.02. The summed E-state index contributed by atoms with van der Waals surface area (Å²) in [4.78, 5) is 16.6. The highest BCUT2D eigenvalue weighted by Gasteiger charge is 2.48. The maximum Gasteiger partial charge on any atom is 0.387 e. The molecule has 0 saturated carbocycles. The van der Waals surface area contributed by atoms with E-state index in [2.05, 4.69) is 29.6 Å². The van der Waals surface area contributed by atoms with Crippen LogP contribution < -0.4 is 9.84 Å². The lowest BCUT2D eigenvalue weighted by atomic mass is 9.79. The van der Waals surface area contributed by atoms with Crippen molar-refractivity contribution < 1.29 is 23.4 Å². The largest absolute Gasteiger partial charge is 0.530 e. The maximum absolute atomic E-state index is 12.6. The first-order valence-electron chi connectivity index (χ1n) is 12.0. The van der Waals surface area contributed by atoms with E-state index in [-0.39, 0.29) is 23.2 Å². The molecule has 4 aliphatic rings. The number of nitrogens with zero attached hydrogens (tertiary/aromatic N) is 2. The fraction of sp³-hybridized carbons (Fsp3) is 0.519. The van der Waals surface area contributed by atoms with Gasteiger partial charge in [0.1, 0.15) is 11.8 Å². The highest BCUT2D eigenvalue weighted by atomic mass is 19.3. The molecule has 2 aromatic carbocycles. The van der Waals surface area contributed by atoms with E-state index in [0.29, 0.717) is 11.5 Å². The molecule has 2 atom stereocenters. The zero-order valence-corrected chi connectivity index (χ0v) is 19.9. The van der Waals surface area contributed by atoms with E-state index in [4.69, 9.17) is 0 Å². The highest BCUT2D eigenvalue weighted by Crippen LogP contribution is 2.51. The molecule has 3 heterocycles. The summed E-state index contributed by atoms with van der Waals surface area (Å²) in [6, 6.07) is 11.1. The van der Waals surface area contributed by atoms with Gasteiger partial charge in [-0.25, -0.2) is 0 Å². The minimum atomic E-state index is -2.86. The van der Waals surface area contributed by atoms with Gasteiger partial charge in [-0.2, -0.15) is 8.78 Å². The van der Waals surface area contributed by atoms with Gasteiger partial charge in [-0.15, -0.1) is 0 Å². The molecule has 0 radical (unpaired) electrons. The second-order valence-electron chi connectivity index (χ2n) is 10.7. The highest BCUT2D eigenvalue weighted by molar-refractivity contribution is 5.69. The number of ether oxygens (including phenoxy) is 1. The summed E-state index contributed by atoms with van der Waals surface area (Å²) in [7, 11) is 0. The van der Waals surface area contributed by atoms with E-state index >= 15 is 0 Å². The SMILES string of the molecule is Cc1cc(-c2ccc3c(c2)CC(C)(C)[C@H]3N(C(=O)[O-])[C@@H]2CN3CCC2CC3)ccc1OC(F)F. The molecule has 3 fully saturated rings. The maximum atomic E-state index is 12.6. The summed E-state index contributed by atoms with van der Waals surface area (Å²) in [6.07, 6.45) is 1.76. The van der Waals surface area contributed by atoms with Gasteiger partial charge in [0.15, 0.2) is 0 Å². The number of rotatable bonds is 5. The van der Waals surface area contributed by atoms with Crippen molar-refractivity contribution in [2.24, 2.45) is 11.3 Å². The summed E-state index contributed by atoms with van der Waals surface area (Å²) in [5.41, 5.74) is 4.44. The van der Waals surface area contributed by atoms with Gasteiger partial charge < -0.3 is 24.4 Å². The second kappa shape index (κ2) is 8.52. The minimum absolute atomic E-state index is 0.0348. The zero-order chi connectivity index (χ0) is 24.2. The fourth-order valence-electron chi connectivity index (χ4n) is 6.48. The van der Waals surface area contributed by atoms with E-state index in [1.807, 2.05) is 18.2 Å². The van der Waals surface area contributed by atoms with Gasteiger partial charge in [0.25, 0.3) is 0 Å². The van der Waals surface area contributed by atoms with Crippen LogP contribution in [0, 0.1) is 18.3 Å². The topological polar surface area (TPSA) is 55.8 Å². The van der Waals surface area contributed by atoms with Gasteiger partial charge in [-0.3, -0.25) is 0 Å². The lowest BCUT2D eigenvalue weighted by Crippen LogP contribution is -2.62. The van der Waals surface area contributed by atoms with Crippen molar-refractivity contribution in [2.75, 3.05) is 19.6 Å². The molecule has 3 saturated heterocycles. The number of carboxylic acid groups (broad SMARTS) is 1. The molecule has 1 amide bonds. The molecule has 2 aromatic rings. The van der Waals surface area contributed by atoms with Crippen LogP contribution in [0.15, 0.2) is 36.4 Å². The summed E-state index contributed by atoms with van der Waals surface area (Å²) >= 11 is 0. The smallest absolute Gasteiger partial charge is 0.387 e. The number of alkyl halides is 2. The second-order valence-corrected chi connectivity index (χ2v) is 10.7. The Bertz CT molecular complexity index is 1100. The Morgan fingerprint density at radius 3 is 2.41 bits per heavy atom. The van der Waals surface area contributed by atoms with Crippen LogP contribution in [0.4, 0.5) is 13.6 Å². The van der Waals surface area contributed by atoms with Gasteiger partial charge in [-0.1, -0.05) is 38.1 Å². The molecule has 6 rings (SSSR count). The number of halogens is 2. The van der Waals surface area contributed by atoms with Crippen molar-refractivity contribution in [1.29, 1.82) is 0 Å². The number of amides is 1. The van der Waals surface area contributed by atoms with E-state index in [1.165, 1.54) is 0 Å². The van der Waals surface area contributed by atoms with Crippen LogP contribution in [0.1, 0.15) is 49.4 Å². The van der Waals surface area contributed by atoms with Crippen molar-refractivity contribution in [3.63, 3.8) is 0 Å². The summed E-state index contributed by atoms with van der Waals surface area (Å²) in [5.74, 6) is 0.558. The number of hydrogen-bond donors (Lipinski definition) is 0. The van der Waals surface area contributed by atoms with Gasteiger partial charge >= 0.3 is 6.61 Å². The van der Waals surface area contributed by atoms with Crippen molar-refractivity contribution in [3.8, 4) is 16.9 Å². The number of piperidine rings is 3. The molecule has 34 heavy (non-hydrogen) atoms. The monoisotopic (exact) mass is 469 g/mol. The number of aryl methyl sites for hydroxylation is 1. The van der Waals surface area contributed by atoms with Crippen molar-refractivity contribution in [2.45, 2.75) is 58.7 Å². The third-order valence-corrected chi connectivity index (χ3v) is 8.02. The first kappa shape index (κ1) is 23.1. The van der Waals surface area contributed by atoms with Crippen LogP contribution in [0.5, 0.6) is 5.75 Å². The van der Waals surface area contributed by atoms with E-state index < -0.39 is 12.7 Å². The molecule has 5 nitrogen and oxygen atoms in total. The number of benzene rings is 2. The number of fused-ring (bicyclic) bond motifs is 4. The average molecular weight is 470 g/mol. The molecule has 0 N–H and O–H groups in total. The van der Waals surface area contributed by atoms with Gasteiger partial charge in [0.05, 0.1) is 6.04 Å². The van der Waals surface area contributed by atoms with Crippen LogP contribution in [0.2, 0.25) is 0 Å². The molecule has 0 unspecified atom stereocenters. The number of carbonyl (C=O) groups excluding carboxylic acids is 1. The molecule has 3 aliphatic heterocycles. The summed E-state index contributed by atoms with van der Waals surface area (Å²) in [5, 5.41) is 12.5. The van der Waals surface area contributed by atoms with Crippen LogP contribution in [0.25, 0.3) is 11.1 Å². The quantitative estimate of drug-likeness (QED) is 0.641. The van der Waals surface area contributed by atoms with Crippen LogP contribution >= 0.6 is 0 Å². The average Bonchev–Trinajstić information content (AvgIpc) is 3.05. The summed E-state index contributed by atoms with van der Waals surface area (Å²) in [6.45, 7) is 6.05. The predicted octanol–water partition coefficient (Wildman–Crippen LogP) is 4.63. The fourth-order valence-corrected chi connectivity index (χ4v) is 6.48. The Balaban J connectivity index is 1.48. The third kappa shape index (κ3) is 4.04. The Morgan fingerprint density at radius 1 is 1.15 bits per heavy atom. The molecule has 0 spiro atoms. The first-order valence-corrected chi connectivity index (χ1v) is 12.0. The normalized spacial score (nSPS) is 27.0. The lowest BCUT2D eigenvalue weighted by Gasteiger charge is -2.53. The lowest BCUT2D eigenvalue weighted by molar-refractivity contribution is -0.276. The standard InChI is InChI=1S/C27H32F2N2O3/c1-16-12-18(5-7-23(16)34-25(28)29)19-4-6-21-20(13-19)14-27(2,3)24(21)31(26(32)33)22-15-30-10-8-17(22)9-11-30/h4-7,12-13,17,22,24-25H,8-11,14-15H2,1-3H3,(H,32,33)/p-1/t22-,24+/m1/s1. The number of carbonyl (C=O) groups is 1. The first-order chi connectivity index (χ1) is 16.1. The minimum Gasteiger partial charge on any atom is -0.530 e. The predicted molar refractivity (Wildman–Crippen MR) is 124 cm³/mol. The van der Waals surface area contributed by atoms with E-state index in [0.717, 1.165) is 61.2 Å².